The molecule has 1 amide bonds. The van der Waals surface area contributed by atoms with Crippen LogP contribution in [0, 0.1) is 0 Å². The largest absolute Gasteiger partial charge is 0.352 e. The lowest BCUT2D eigenvalue weighted by molar-refractivity contribution is 0.0953. The van der Waals surface area contributed by atoms with Crippen molar-refractivity contribution >= 4 is 31.9 Å². The Bertz CT molecular complexity index is 892. The van der Waals surface area contributed by atoms with E-state index in [-0.39, 0.29) is 16.8 Å². The van der Waals surface area contributed by atoms with Crippen molar-refractivity contribution in [3.05, 3.63) is 64.1 Å². The van der Waals surface area contributed by atoms with E-state index in [0.29, 0.717) is 18.5 Å². The number of halogens is 1. The molecule has 5 nitrogen and oxygen atoms in total. The van der Waals surface area contributed by atoms with E-state index in [2.05, 4.69) is 26.0 Å². The van der Waals surface area contributed by atoms with Gasteiger partial charge in [-0.1, -0.05) is 37.1 Å². The van der Waals surface area contributed by atoms with Crippen LogP contribution >= 0.6 is 15.9 Å². The van der Waals surface area contributed by atoms with Crippen LogP contribution in [0.3, 0.4) is 0 Å². The van der Waals surface area contributed by atoms with Crippen LogP contribution in [0.4, 0.5) is 0 Å². The molecule has 1 aliphatic rings. The molecular formula is C20H23BrN2O3S. The fourth-order valence-corrected chi connectivity index (χ4v) is 5.00. The fraction of sp³-hybridized carbons (Fsp3) is 0.350. The summed E-state index contributed by atoms with van der Waals surface area (Å²) < 4.78 is 28.4. The lowest BCUT2D eigenvalue weighted by Crippen LogP contribution is -2.32. The molecule has 27 heavy (non-hydrogen) atoms. The van der Waals surface area contributed by atoms with Crippen molar-refractivity contribution in [3.8, 4) is 0 Å². The van der Waals surface area contributed by atoms with Gasteiger partial charge in [0.1, 0.15) is 0 Å². The first-order chi connectivity index (χ1) is 13.0. The van der Waals surface area contributed by atoms with Crippen LogP contribution in [0.5, 0.6) is 0 Å². The molecule has 144 valence electrons. The zero-order chi connectivity index (χ0) is 19.3. The molecule has 0 unspecified atom stereocenters. The average molecular weight is 451 g/mol. The lowest BCUT2D eigenvalue weighted by atomic mass is 10.1. The van der Waals surface area contributed by atoms with Crippen molar-refractivity contribution in [1.82, 2.24) is 10.0 Å². The Balaban J connectivity index is 1.53. The zero-order valence-corrected chi connectivity index (χ0v) is 17.4. The standard InChI is InChI=1S/C20H23BrN2O3S/c21-19-8-4-3-7-18(19)20(24)22-14-13-15-9-11-17(12-10-15)27(25,26)23-16-5-1-2-6-16/h3-4,7-12,16,23H,1-2,5-6,13-14H2,(H,22,24). The van der Waals surface area contributed by atoms with E-state index in [1.165, 1.54) is 0 Å². The van der Waals surface area contributed by atoms with Gasteiger partial charge in [-0.3, -0.25) is 4.79 Å². The zero-order valence-electron chi connectivity index (χ0n) is 14.9. The third kappa shape index (κ3) is 5.40. The molecule has 0 aliphatic heterocycles. The summed E-state index contributed by atoms with van der Waals surface area (Å²) in [6, 6.07) is 14.2. The van der Waals surface area contributed by atoms with Gasteiger partial charge in [-0.25, -0.2) is 13.1 Å². The number of hydrogen-bond acceptors (Lipinski definition) is 3. The van der Waals surface area contributed by atoms with E-state index in [1.54, 1.807) is 30.3 Å². The summed E-state index contributed by atoms with van der Waals surface area (Å²) >= 11 is 3.37. The molecular weight excluding hydrogens is 428 g/mol. The summed E-state index contributed by atoms with van der Waals surface area (Å²) in [4.78, 5) is 12.5. The molecule has 2 N–H and O–H groups in total. The highest BCUT2D eigenvalue weighted by Crippen LogP contribution is 2.20. The van der Waals surface area contributed by atoms with Gasteiger partial charge in [0.15, 0.2) is 0 Å². The van der Waals surface area contributed by atoms with E-state index in [9.17, 15) is 13.2 Å². The highest BCUT2D eigenvalue weighted by Gasteiger charge is 2.22. The topological polar surface area (TPSA) is 75.3 Å². The molecule has 0 spiro atoms. The SMILES string of the molecule is O=C(NCCc1ccc(S(=O)(=O)NC2CCCC2)cc1)c1ccccc1Br. The Hall–Kier alpha value is -1.70. The number of nitrogens with one attached hydrogen (secondary N) is 2. The molecule has 3 rings (SSSR count). The molecule has 2 aromatic rings. The average Bonchev–Trinajstić information content (AvgIpc) is 3.15. The molecule has 1 saturated carbocycles. The number of carbonyl (C=O) groups is 1. The molecule has 1 fully saturated rings. The first-order valence-corrected chi connectivity index (χ1v) is 11.4. The number of sulfonamides is 1. The lowest BCUT2D eigenvalue weighted by Gasteiger charge is -2.13. The van der Waals surface area contributed by atoms with E-state index < -0.39 is 10.0 Å². The van der Waals surface area contributed by atoms with E-state index in [0.717, 1.165) is 35.7 Å². The minimum Gasteiger partial charge on any atom is -0.352 e. The Morgan fingerprint density at radius 2 is 1.70 bits per heavy atom. The maximum atomic E-state index is 12.4. The summed E-state index contributed by atoms with van der Waals surface area (Å²) in [7, 11) is -3.46. The van der Waals surface area contributed by atoms with Crippen LogP contribution in [-0.4, -0.2) is 26.9 Å². The predicted octanol–water partition coefficient (Wildman–Crippen LogP) is 3.64. The second-order valence-electron chi connectivity index (χ2n) is 6.73. The van der Waals surface area contributed by atoms with Crippen molar-refractivity contribution in [1.29, 1.82) is 0 Å². The molecule has 0 atom stereocenters. The maximum absolute atomic E-state index is 12.4. The molecule has 0 saturated heterocycles. The Morgan fingerprint density at radius 3 is 2.37 bits per heavy atom. The summed E-state index contributed by atoms with van der Waals surface area (Å²) in [5.74, 6) is -0.137. The predicted molar refractivity (Wildman–Crippen MR) is 109 cm³/mol. The van der Waals surface area contributed by atoms with Gasteiger partial charge in [0.05, 0.1) is 10.5 Å². The molecule has 0 heterocycles. The Kier molecular flexibility index (Phi) is 6.68. The van der Waals surface area contributed by atoms with Crippen molar-refractivity contribution in [2.75, 3.05) is 6.54 Å². The number of amides is 1. The van der Waals surface area contributed by atoms with Gasteiger partial charge in [-0.15, -0.1) is 0 Å². The van der Waals surface area contributed by atoms with Crippen molar-refractivity contribution < 1.29 is 13.2 Å². The third-order valence-corrected chi connectivity index (χ3v) is 6.96. The molecule has 2 aromatic carbocycles. The number of hydrogen-bond donors (Lipinski definition) is 2. The van der Waals surface area contributed by atoms with E-state index in [4.69, 9.17) is 0 Å². The van der Waals surface area contributed by atoms with Gasteiger partial charge < -0.3 is 5.32 Å². The summed E-state index contributed by atoms with van der Waals surface area (Å²) in [6.45, 7) is 0.479. The van der Waals surface area contributed by atoms with Gasteiger partial charge >= 0.3 is 0 Å². The van der Waals surface area contributed by atoms with Crippen LogP contribution in [0.15, 0.2) is 57.9 Å². The van der Waals surface area contributed by atoms with Crippen LogP contribution in [-0.2, 0) is 16.4 Å². The second kappa shape index (κ2) is 8.99. The van der Waals surface area contributed by atoms with E-state index in [1.807, 2.05) is 18.2 Å². The van der Waals surface area contributed by atoms with Crippen LogP contribution in [0.2, 0.25) is 0 Å². The molecule has 0 radical (unpaired) electrons. The fourth-order valence-electron chi connectivity index (χ4n) is 3.23. The monoisotopic (exact) mass is 450 g/mol. The van der Waals surface area contributed by atoms with Crippen molar-refractivity contribution in [3.63, 3.8) is 0 Å². The highest BCUT2D eigenvalue weighted by atomic mass is 79.9. The highest BCUT2D eigenvalue weighted by molar-refractivity contribution is 9.10. The Morgan fingerprint density at radius 1 is 1.04 bits per heavy atom. The van der Waals surface area contributed by atoms with Gasteiger partial charge in [-0.05, 0) is 65.0 Å². The van der Waals surface area contributed by atoms with Gasteiger partial charge in [0, 0.05) is 17.1 Å². The molecule has 1 aliphatic carbocycles. The quantitative estimate of drug-likeness (QED) is 0.675. The molecule has 0 bridgehead atoms. The first kappa shape index (κ1) is 20.0. The van der Waals surface area contributed by atoms with E-state index >= 15 is 0 Å². The smallest absolute Gasteiger partial charge is 0.252 e. The third-order valence-electron chi connectivity index (χ3n) is 4.73. The number of rotatable bonds is 7. The minimum atomic E-state index is -3.46. The normalized spacial score (nSPS) is 15.0. The minimum absolute atomic E-state index is 0.0576. The summed E-state index contributed by atoms with van der Waals surface area (Å²) in [6.07, 6.45) is 4.62. The van der Waals surface area contributed by atoms with Crippen LogP contribution < -0.4 is 10.0 Å². The number of carbonyl (C=O) groups excluding carboxylic acids is 1. The molecule has 0 aromatic heterocycles. The Labute approximate surface area is 168 Å². The van der Waals surface area contributed by atoms with Crippen molar-refractivity contribution in [2.24, 2.45) is 0 Å². The summed E-state index contributed by atoms with van der Waals surface area (Å²) in [5.41, 5.74) is 1.57. The van der Waals surface area contributed by atoms with Crippen molar-refractivity contribution in [2.45, 2.75) is 43.0 Å². The van der Waals surface area contributed by atoms with Gasteiger partial charge in [-0.2, -0.15) is 0 Å². The first-order valence-electron chi connectivity index (χ1n) is 9.10. The number of benzene rings is 2. The maximum Gasteiger partial charge on any atom is 0.252 e. The molecule has 7 heteroatoms. The van der Waals surface area contributed by atoms with Gasteiger partial charge in [0.2, 0.25) is 10.0 Å². The van der Waals surface area contributed by atoms with Gasteiger partial charge in [0.25, 0.3) is 5.91 Å². The second-order valence-corrected chi connectivity index (χ2v) is 9.30. The van der Waals surface area contributed by atoms with Crippen LogP contribution in [0.1, 0.15) is 41.6 Å². The van der Waals surface area contributed by atoms with Crippen LogP contribution in [0.25, 0.3) is 0 Å². The summed E-state index contributed by atoms with van der Waals surface area (Å²) in [5, 5.41) is 2.88.